The molecule has 0 aliphatic carbocycles. The van der Waals surface area contributed by atoms with Crippen LogP contribution in [0.1, 0.15) is 5.56 Å². The number of carbonyl (C=O) groups is 1. The van der Waals surface area contributed by atoms with Crippen LogP contribution in [0.15, 0.2) is 36.4 Å². The maximum atomic E-state index is 11.0. The van der Waals surface area contributed by atoms with Crippen LogP contribution in [0.2, 0.25) is 0 Å². The molecule has 3 heteroatoms. The Hall–Kier alpha value is -1.61. The maximum absolute atomic E-state index is 11.0. The van der Waals surface area contributed by atoms with Gasteiger partial charge in [0.25, 0.3) is 0 Å². The molecular weight excluding hydrogens is 192 g/mol. The average molecular weight is 204 g/mol. The first-order valence-electron chi connectivity index (χ1n) is 4.78. The highest BCUT2D eigenvalue weighted by atomic mass is 16.6. The fourth-order valence-corrected chi connectivity index (χ4v) is 1.35. The summed E-state index contributed by atoms with van der Waals surface area (Å²) in [5.41, 5.74) is 1.09. The molecular formula is C12H12O3. The number of rotatable bonds is 3. The Labute approximate surface area is 88.3 Å². The SMILES string of the molecule is COC(=O)C1OC1/C=C/c1ccccc1. The molecule has 0 spiro atoms. The second-order valence-corrected chi connectivity index (χ2v) is 3.31. The van der Waals surface area contributed by atoms with Crippen LogP contribution in [0.5, 0.6) is 0 Å². The van der Waals surface area contributed by atoms with Gasteiger partial charge in [-0.2, -0.15) is 0 Å². The smallest absolute Gasteiger partial charge is 0.338 e. The van der Waals surface area contributed by atoms with Gasteiger partial charge in [-0.05, 0) is 5.56 Å². The van der Waals surface area contributed by atoms with Crippen molar-refractivity contribution in [2.75, 3.05) is 7.11 Å². The van der Waals surface area contributed by atoms with Crippen LogP contribution >= 0.6 is 0 Å². The van der Waals surface area contributed by atoms with Crippen molar-refractivity contribution in [2.24, 2.45) is 0 Å². The molecule has 0 bridgehead atoms. The number of carbonyl (C=O) groups excluding carboxylic acids is 1. The topological polar surface area (TPSA) is 38.8 Å². The van der Waals surface area contributed by atoms with E-state index in [1.807, 2.05) is 42.5 Å². The summed E-state index contributed by atoms with van der Waals surface area (Å²) < 4.78 is 9.69. The summed E-state index contributed by atoms with van der Waals surface area (Å²) in [4.78, 5) is 11.0. The molecule has 78 valence electrons. The van der Waals surface area contributed by atoms with Crippen molar-refractivity contribution in [2.45, 2.75) is 12.2 Å². The molecule has 0 saturated carbocycles. The highest BCUT2D eigenvalue weighted by molar-refractivity contribution is 5.78. The third-order valence-electron chi connectivity index (χ3n) is 2.24. The first-order chi connectivity index (χ1) is 7.31. The van der Waals surface area contributed by atoms with E-state index in [0.29, 0.717) is 0 Å². The van der Waals surface area contributed by atoms with E-state index >= 15 is 0 Å². The Bertz CT molecular complexity index is 370. The van der Waals surface area contributed by atoms with E-state index in [1.165, 1.54) is 7.11 Å². The van der Waals surface area contributed by atoms with E-state index in [1.54, 1.807) is 0 Å². The van der Waals surface area contributed by atoms with Gasteiger partial charge in [0.05, 0.1) is 7.11 Å². The van der Waals surface area contributed by atoms with E-state index < -0.39 is 6.10 Å². The largest absolute Gasteiger partial charge is 0.467 e. The standard InChI is InChI=1S/C12H12O3/c1-14-12(13)11-10(15-11)8-7-9-5-3-2-4-6-9/h2-8,10-11H,1H3/b8-7+. The van der Waals surface area contributed by atoms with Gasteiger partial charge >= 0.3 is 5.97 Å². The number of esters is 1. The molecule has 0 amide bonds. The third kappa shape index (κ3) is 2.44. The summed E-state index contributed by atoms with van der Waals surface area (Å²) in [7, 11) is 1.36. The van der Waals surface area contributed by atoms with E-state index in [4.69, 9.17) is 4.74 Å². The van der Waals surface area contributed by atoms with Crippen LogP contribution < -0.4 is 0 Å². The Balaban J connectivity index is 1.90. The molecule has 0 aromatic heterocycles. The van der Waals surface area contributed by atoms with Gasteiger partial charge in [0.1, 0.15) is 6.10 Å². The number of benzene rings is 1. The fraction of sp³-hybridized carbons (Fsp3) is 0.250. The highest BCUT2D eigenvalue weighted by Gasteiger charge is 2.44. The van der Waals surface area contributed by atoms with E-state index in [0.717, 1.165) is 5.56 Å². The van der Waals surface area contributed by atoms with Crippen molar-refractivity contribution in [3.05, 3.63) is 42.0 Å². The van der Waals surface area contributed by atoms with Gasteiger partial charge in [0.15, 0.2) is 6.10 Å². The molecule has 3 nitrogen and oxygen atoms in total. The van der Waals surface area contributed by atoms with Gasteiger partial charge in [-0.1, -0.05) is 42.5 Å². The van der Waals surface area contributed by atoms with Crippen molar-refractivity contribution in [3.8, 4) is 0 Å². The number of epoxide rings is 1. The molecule has 1 aromatic rings. The molecule has 1 fully saturated rings. The zero-order chi connectivity index (χ0) is 10.7. The van der Waals surface area contributed by atoms with Crippen LogP contribution in [0.4, 0.5) is 0 Å². The van der Waals surface area contributed by atoms with Crippen LogP contribution in [0.3, 0.4) is 0 Å². The first-order valence-corrected chi connectivity index (χ1v) is 4.78. The van der Waals surface area contributed by atoms with Crippen molar-refractivity contribution >= 4 is 12.0 Å². The average Bonchev–Trinajstić information content (AvgIpc) is 3.06. The lowest BCUT2D eigenvalue weighted by molar-refractivity contribution is -0.142. The second kappa shape index (κ2) is 4.28. The number of methoxy groups -OCH3 is 1. The zero-order valence-corrected chi connectivity index (χ0v) is 8.42. The maximum Gasteiger partial charge on any atom is 0.338 e. The predicted molar refractivity (Wildman–Crippen MR) is 56.2 cm³/mol. The van der Waals surface area contributed by atoms with Gasteiger partial charge in [-0.25, -0.2) is 4.79 Å². The molecule has 0 radical (unpaired) electrons. The summed E-state index contributed by atoms with van der Waals surface area (Å²) in [6, 6.07) is 9.87. The second-order valence-electron chi connectivity index (χ2n) is 3.31. The minimum atomic E-state index is -0.407. The van der Waals surface area contributed by atoms with Crippen molar-refractivity contribution in [1.82, 2.24) is 0 Å². The van der Waals surface area contributed by atoms with Gasteiger partial charge in [0.2, 0.25) is 0 Å². The normalized spacial score (nSPS) is 24.1. The summed E-state index contributed by atoms with van der Waals surface area (Å²) in [6.45, 7) is 0. The van der Waals surface area contributed by atoms with E-state index in [-0.39, 0.29) is 12.1 Å². The van der Waals surface area contributed by atoms with Crippen LogP contribution in [0.25, 0.3) is 6.08 Å². The molecule has 2 rings (SSSR count). The van der Waals surface area contributed by atoms with E-state index in [9.17, 15) is 4.79 Å². The Morgan fingerprint density at radius 1 is 1.40 bits per heavy atom. The zero-order valence-electron chi connectivity index (χ0n) is 8.42. The highest BCUT2D eigenvalue weighted by Crippen LogP contribution is 2.25. The Kier molecular flexibility index (Phi) is 2.83. The fourth-order valence-electron chi connectivity index (χ4n) is 1.35. The molecule has 15 heavy (non-hydrogen) atoms. The lowest BCUT2D eigenvalue weighted by atomic mass is 10.2. The molecule has 1 aliphatic heterocycles. The van der Waals surface area contributed by atoms with Gasteiger partial charge in [0, 0.05) is 0 Å². The quantitative estimate of drug-likeness (QED) is 0.555. The van der Waals surface area contributed by atoms with Crippen LogP contribution in [-0.4, -0.2) is 25.3 Å². The minimum absolute atomic E-state index is 0.127. The van der Waals surface area contributed by atoms with Crippen molar-refractivity contribution < 1.29 is 14.3 Å². The Morgan fingerprint density at radius 2 is 2.13 bits per heavy atom. The third-order valence-corrected chi connectivity index (χ3v) is 2.24. The summed E-state index contributed by atoms with van der Waals surface area (Å²) in [5.74, 6) is -0.308. The Morgan fingerprint density at radius 3 is 2.80 bits per heavy atom. The minimum Gasteiger partial charge on any atom is -0.467 e. The molecule has 0 N–H and O–H groups in total. The summed E-state index contributed by atoms with van der Waals surface area (Å²) >= 11 is 0. The lowest BCUT2D eigenvalue weighted by Gasteiger charge is -1.90. The van der Waals surface area contributed by atoms with Gasteiger partial charge in [-0.3, -0.25) is 0 Å². The van der Waals surface area contributed by atoms with Crippen molar-refractivity contribution in [1.29, 1.82) is 0 Å². The number of ether oxygens (including phenoxy) is 2. The molecule has 1 aromatic carbocycles. The van der Waals surface area contributed by atoms with Crippen molar-refractivity contribution in [3.63, 3.8) is 0 Å². The monoisotopic (exact) mass is 204 g/mol. The molecule has 1 saturated heterocycles. The molecule has 2 unspecified atom stereocenters. The van der Waals surface area contributed by atoms with Gasteiger partial charge < -0.3 is 9.47 Å². The predicted octanol–water partition coefficient (Wildman–Crippen LogP) is 1.64. The number of hydrogen-bond acceptors (Lipinski definition) is 3. The molecule has 2 atom stereocenters. The van der Waals surface area contributed by atoms with Crippen LogP contribution in [0, 0.1) is 0 Å². The molecule has 1 heterocycles. The molecule has 1 aliphatic rings. The van der Waals surface area contributed by atoms with Gasteiger partial charge in [-0.15, -0.1) is 0 Å². The lowest BCUT2D eigenvalue weighted by Crippen LogP contribution is -2.10. The summed E-state index contributed by atoms with van der Waals surface area (Å²) in [6.07, 6.45) is 3.28. The first kappa shape index (κ1) is 9.93. The van der Waals surface area contributed by atoms with E-state index in [2.05, 4.69) is 4.74 Å². The number of hydrogen-bond donors (Lipinski definition) is 0. The summed E-state index contributed by atoms with van der Waals surface area (Å²) in [5, 5.41) is 0. The van der Waals surface area contributed by atoms with Crippen LogP contribution in [-0.2, 0) is 14.3 Å².